The van der Waals surface area contributed by atoms with Crippen LogP contribution in [0.4, 0.5) is 0 Å². The van der Waals surface area contributed by atoms with Crippen LogP contribution in [0.2, 0.25) is 0 Å². The first-order chi connectivity index (χ1) is 6.76. The van der Waals surface area contributed by atoms with E-state index in [1.807, 2.05) is 13.8 Å². The minimum Gasteiger partial charge on any atom is -0.372 e. The maximum Gasteiger partial charge on any atom is 0.274 e. The molecule has 6 heteroatoms. The van der Waals surface area contributed by atoms with E-state index in [0.29, 0.717) is 11.8 Å². The Morgan fingerprint density at radius 3 is 2.93 bits per heavy atom. The Morgan fingerprint density at radius 1 is 1.57 bits per heavy atom. The summed E-state index contributed by atoms with van der Waals surface area (Å²) in [5, 5.41) is 5.14. The fraction of sp³-hybridized carbons (Fsp3) is 0.625. The third-order valence-electron chi connectivity index (χ3n) is 1.41. The zero-order valence-corrected chi connectivity index (χ0v) is 9.00. The lowest BCUT2D eigenvalue weighted by Crippen LogP contribution is -2.10. The van der Waals surface area contributed by atoms with Gasteiger partial charge in [0.2, 0.25) is 5.17 Å². The van der Waals surface area contributed by atoms with Gasteiger partial charge in [0, 0.05) is 6.61 Å². The maximum atomic E-state index is 11.1. The van der Waals surface area contributed by atoms with Crippen molar-refractivity contribution in [3.63, 3.8) is 0 Å². The first-order valence-corrected chi connectivity index (χ1v) is 5.22. The lowest BCUT2D eigenvalue weighted by molar-refractivity contribution is -0.122. The Bertz CT molecular complexity index is 276. The molecule has 0 aromatic rings. The highest BCUT2D eigenvalue weighted by atomic mass is 32.2. The number of carbonyl (C=O) groups is 1. The molecule has 0 bridgehead atoms. The highest BCUT2D eigenvalue weighted by Gasteiger charge is 2.15. The summed E-state index contributed by atoms with van der Waals surface area (Å²) in [6.07, 6.45) is 0.812. The molecular formula is C8H12N3O2S. The Hall–Kier alpha value is -0.880. The first-order valence-electron chi connectivity index (χ1n) is 4.41. The third kappa shape index (κ3) is 3.47. The molecule has 1 aliphatic heterocycles. The maximum absolute atomic E-state index is 11.1. The molecule has 14 heavy (non-hydrogen) atoms. The molecule has 0 aromatic carbocycles. The van der Waals surface area contributed by atoms with Gasteiger partial charge in [0.1, 0.15) is 11.7 Å². The zero-order valence-electron chi connectivity index (χ0n) is 8.19. The Balaban J connectivity index is 2.36. The van der Waals surface area contributed by atoms with Gasteiger partial charge in [-0.2, -0.15) is 4.99 Å². The summed E-state index contributed by atoms with van der Waals surface area (Å²) in [7, 11) is 0. The molecule has 0 aliphatic carbocycles. The van der Waals surface area contributed by atoms with Gasteiger partial charge < -0.3 is 4.74 Å². The van der Waals surface area contributed by atoms with Crippen molar-refractivity contribution in [3.05, 3.63) is 0 Å². The minimum absolute atomic E-state index is 0.0114. The summed E-state index contributed by atoms with van der Waals surface area (Å²) in [5.74, 6) is -0.314. The van der Waals surface area contributed by atoms with E-state index in [2.05, 4.69) is 15.5 Å². The standard InChI is InChI=1S/C8H12N3O2S/c1-3-7-10-11-8(14-7)9-6(12)5-13-4-2/h3-5H2,1-2H3. The molecule has 0 saturated carbocycles. The highest BCUT2D eigenvalue weighted by Crippen LogP contribution is 2.15. The van der Waals surface area contributed by atoms with Crippen molar-refractivity contribution in [3.8, 4) is 0 Å². The SMILES string of the molecule is CCOCC(=O)N=C1[N]N=C(CC)S1. The Morgan fingerprint density at radius 2 is 2.36 bits per heavy atom. The van der Waals surface area contributed by atoms with Crippen molar-refractivity contribution in [2.24, 2.45) is 10.1 Å². The van der Waals surface area contributed by atoms with Crippen molar-refractivity contribution in [1.82, 2.24) is 5.43 Å². The number of aliphatic imine (C=N–C) groups is 1. The van der Waals surface area contributed by atoms with E-state index in [0.717, 1.165) is 11.5 Å². The molecule has 1 amide bonds. The number of hydrogen-bond donors (Lipinski definition) is 0. The number of ether oxygens (including phenoxy) is 1. The molecule has 0 unspecified atom stereocenters. The summed E-state index contributed by atoms with van der Waals surface area (Å²) in [4.78, 5) is 14.9. The van der Waals surface area contributed by atoms with E-state index in [1.165, 1.54) is 11.8 Å². The van der Waals surface area contributed by atoms with Crippen molar-refractivity contribution in [2.75, 3.05) is 13.2 Å². The van der Waals surface area contributed by atoms with Crippen molar-refractivity contribution in [1.29, 1.82) is 0 Å². The van der Waals surface area contributed by atoms with E-state index < -0.39 is 0 Å². The topological polar surface area (TPSA) is 65.1 Å². The van der Waals surface area contributed by atoms with Crippen LogP contribution in [0.25, 0.3) is 0 Å². The zero-order chi connectivity index (χ0) is 10.4. The quantitative estimate of drug-likeness (QED) is 0.700. The van der Waals surface area contributed by atoms with Crippen molar-refractivity contribution < 1.29 is 9.53 Å². The van der Waals surface area contributed by atoms with Crippen LogP contribution in [-0.4, -0.2) is 29.3 Å². The number of rotatable bonds is 4. The summed E-state index contributed by atoms with van der Waals surface area (Å²) < 4.78 is 4.91. The smallest absolute Gasteiger partial charge is 0.274 e. The summed E-state index contributed by atoms with van der Waals surface area (Å²) in [6, 6.07) is 0. The molecule has 77 valence electrons. The van der Waals surface area contributed by atoms with E-state index in [9.17, 15) is 4.79 Å². The normalized spacial score (nSPS) is 18.1. The van der Waals surface area contributed by atoms with Crippen LogP contribution in [0.3, 0.4) is 0 Å². The third-order valence-corrected chi connectivity index (χ3v) is 2.37. The first kappa shape index (κ1) is 11.2. The largest absolute Gasteiger partial charge is 0.372 e. The predicted octanol–water partition coefficient (Wildman–Crippen LogP) is 0.980. The summed E-state index contributed by atoms with van der Waals surface area (Å²) >= 11 is 1.33. The summed E-state index contributed by atoms with van der Waals surface area (Å²) in [5.41, 5.74) is 3.76. The molecule has 1 aliphatic rings. The van der Waals surface area contributed by atoms with Crippen LogP contribution in [0.15, 0.2) is 10.1 Å². The number of thioether (sulfide) groups is 1. The molecule has 5 nitrogen and oxygen atoms in total. The predicted molar refractivity (Wildman–Crippen MR) is 56.4 cm³/mol. The molecular weight excluding hydrogens is 202 g/mol. The molecule has 0 saturated heterocycles. The monoisotopic (exact) mass is 214 g/mol. The van der Waals surface area contributed by atoms with Crippen LogP contribution < -0.4 is 5.43 Å². The van der Waals surface area contributed by atoms with E-state index in [-0.39, 0.29) is 12.5 Å². The van der Waals surface area contributed by atoms with Crippen molar-refractivity contribution in [2.45, 2.75) is 20.3 Å². The van der Waals surface area contributed by atoms with E-state index >= 15 is 0 Å². The number of hydrogen-bond acceptors (Lipinski definition) is 4. The molecule has 1 rings (SSSR count). The molecule has 0 aromatic heterocycles. The van der Waals surface area contributed by atoms with Gasteiger partial charge in [-0.05, 0) is 25.1 Å². The molecule has 1 radical (unpaired) electrons. The average molecular weight is 214 g/mol. The minimum atomic E-state index is -0.314. The fourth-order valence-corrected chi connectivity index (χ4v) is 1.43. The fourth-order valence-electron chi connectivity index (χ4n) is 0.761. The molecule has 0 atom stereocenters. The number of nitrogens with zero attached hydrogens (tertiary/aromatic N) is 3. The van der Waals surface area contributed by atoms with Crippen LogP contribution in [0, 0.1) is 0 Å². The van der Waals surface area contributed by atoms with Crippen molar-refractivity contribution >= 4 is 27.9 Å². The Labute approximate surface area is 87.0 Å². The molecule has 0 fully saturated rings. The van der Waals surface area contributed by atoms with Gasteiger partial charge in [0.15, 0.2) is 0 Å². The summed E-state index contributed by atoms with van der Waals surface area (Å²) in [6.45, 7) is 4.33. The van der Waals surface area contributed by atoms with Gasteiger partial charge in [-0.25, -0.2) is 0 Å². The molecule has 0 N–H and O–H groups in total. The second kappa shape index (κ2) is 5.77. The van der Waals surface area contributed by atoms with Gasteiger partial charge >= 0.3 is 0 Å². The van der Waals surface area contributed by atoms with Gasteiger partial charge in [-0.3, -0.25) is 4.79 Å². The second-order valence-electron chi connectivity index (χ2n) is 2.47. The van der Waals surface area contributed by atoms with Gasteiger partial charge in [0.25, 0.3) is 5.91 Å². The van der Waals surface area contributed by atoms with Gasteiger partial charge in [-0.1, -0.05) is 6.92 Å². The molecule has 1 heterocycles. The van der Waals surface area contributed by atoms with Crippen LogP contribution in [0.5, 0.6) is 0 Å². The van der Waals surface area contributed by atoms with Crippen LogP contribution >= 0.6 is 11.8 Å². The lowest BCUT2D eigenvalue weighted by atomic mass is 10.5. The van der Waals surface area contributed by atoms with E-state index in [4.69, 9.17) is 4.74 Å². The highest BCUT2D eigenvalue weighted by molar-refractivity contribution is 8.26. The number of amides is 1. The Kier molecular flexibility index (Phi) is 4.61. The van der Waals surface area contributed by atoms with Gasteiger partial charge in [-0.15, -0.1) is 10.5 Å². The second-order valence-corrected chi connectivity index (χ2v) is 3.52. The molecule has 0 spiro atoms. The van der Waals surface area contributed by atoms with E-state index in [1.54, 1.807) is 0 Å². The number of carbonyl (C=O) groups excluding carboxylic acids is 1. The van der Waals surface area contributed by atoms with Gasteiger partial charge in [0.05, 0.1) is 0 Å². The number of amidine groups is 1. The average Bonchev–Trinajstić information content (AvgIpc) is 2.62. The lowest BCUT2D eigenvalue weighted by Gasteiger charge is -1.95. The van der Waals surface area contributed by atoms with Crippen LogP contribution in [-0.2, 0) is 9.53 Å². The van der Waals surface area contributed by atoms with Crippen LogP contribution in [0.1, 0.15) is 20.3 Å².